The van der Waals surface area contributed by atoms with Gasteiger partial charge in [-0.1, -0.05) is 20.8 Å². The van der Waals surface area contributed by atoms with E-state index < -0.39 is 0 Å². The van der Waals surface area contributed by atoms with Crippen molar-refractivity contribution in [1.82, 2.24) is 10.3 Å². The molecule has 0 amide bonds. The van der Waals surface area contributed by atoms with Crippen molar-refractivity contribution in [2.75, 3.05) is 31.7 Å². The average Bonchev–Trinajstić information content (AvgIpc) is 2.90. The molecular weight excluding hydrogens is 282 g/mol. The topological polar surface area (TPSA) is 37.4 Å². The zero-order valence-electron chi connectivity index (χ0n) is 14.2. The van der Waals surface area contributed by atoms with Gasteiger partial charge < -0.3 is 15.0 Å². The van der Waals surface area contributed by atoms with Crippen LogP contribution >= 0.6 is 11.3 Å². The third-order valence-electron chi connectivity index (χ3n) is 3.72. The van der Waals surface area contributed by atoms with Gasteiger partial charge in [-0.25, -0.2) is 4.98 Å². The van der Waals surface area contributed by atoms with Crippen LogP contribution in [0.3, 0.4) is 0 Å². The summed E-state index contributed by atoms with van der Waals surface area (Å²) in [6.45, 7) is 12.5. The van der Waals surface area contributed by atoms with E-state index in [2.05, 4.69) is 37.9 Å². The Labute approximate surface area is 133 Å². The maximum atomic E-state index is 5.25. The Kier molecular flexibility index (Phi) is 8.88. The second-order valence-electron chi connectivity index (χ2n) is 5.34. The van der Waals surface area contributed by atoms with Gasteiger partial charge >= 0.3 is 0 Å². The summed E-state index contributed by atoms with van der Waals surface area (Å²) < 4.78 is 5.25. The van der Waals surface area contributed by atoms with Gasteiger partial charge in [-0.05, 0) is 32.7 Å². The molecule has 4 nitrogen and oxygen atoms in total. The van der Waals surface area contributed by atoms with Gasteiger partial charge in [-0.15, -0.1) is 11.3 Å². The molecule has 122 valence electrons. The second-order valence-corrected chi connectivity index (χ2v) is 6.40. The van der Waals surface area contributed by atoms with Gasteiger partial charge in [0.25, 0.3) is 0 Å². The highest BCUT2D eigenvalue weighted by molar-refractivity contribution is 7.15. The first-order valence-corrected chi connectivity index (χ1v) is 8.94. The molecule has 0 radical (unpaired) electrons. The normalized spacial score (nSPS) is 12.6. The quantitative estimate of drug-likeness (QED) is 0.635. The Hall–Kier alpha value is -0.650. The SMILES string of the molecule is CCCNCc1sc(N(CCOC)C(C)CC)nc1CC. The third-order valence-corrected chi connectivity index (χ3v) is 4.85. The Balaban J connectivity index is 2.86. The zero-order chi connectivity index (χ0) is 15.7. The minimum Gasteiger partial charge on any atom is -0.383 e. The predicted molar refractivity (Wildman–Crippen MR) is 92.5 cm³/mol. The van der Waals surface area contributed by atoms with E-state index in [-0.39, 0.29) is 0 Å². The molecule has 0 aliphatic rings. The van der Waals surface area contributed by atoms with Gasteiger partial charge in [0.1, 0.15) is 0 Å². The first kappa shape index (κ1) is 18.4. The number of thiazole rings is 1. The molecule has 1 atom stereocenters. The van der Waals surface area contributed by atoms with E-state index in [1.807, 2.05) is 11.3 Å². The molecule has 1 unspecified atom stereocenters. The third kappa shape index (κ3) is 5.57. The van der Waals surface area contributed by atoms with Crippen molar-refractivity contribution in [2.24, 2.45) is 0 Å². The highest BCUT2D eigenvalue weighted by Gasteiger charge is 2.19. The van der Waals surface area contributed by atoms with Crippen LogP contribution in [-0.2, 0) is 17.7 Å². The van der Waals surface area contributed by atoms with Crippen LogP contribution in [0.1, 0.15) is 51.1 Å². The Morgan fingerprint density at radius 1 is 1.33 bits per heavy atom. The largest absolute Gasteiger partial charge is 0.383 e. The smallest absolute Gasteiger partial charge is 0.186 e. The number of hydrogen-bond acceptors (Lipinski definition) is 5. The van der Waals surface area contributed by atoms with Gasteiger partial charge in [0.05, 0.1) is 12.3 Å². The van der Waals surface area contributed by atoms with Gasteiger partial charge in [-0.3, -0.25) is 0 Å². The monoisotopic (exact) mass is 313 g/mol. The predicted octanol–water partition coefficient (Wildman–Crippen LogP) is 3.46. The molecule has 0 bridgehead atoms. The van der Waals surface area contributed by atoms with Crippen LogP contribution in [0.25, 0.3) is 0 Å². The Bertz CT molecular complexity index is 395. The highest BCUT2D eigenvalue weighted by atomic mass is 32.1. The van der Waals surface area contributed by atoms with Crippen molar-refractivity contribution in [3.8, 4) is 0 Å². The Morgan fingerprint density at radius 2 is 2.10 bits per heavy atom. The molecule has 21 heavy (non-hydrogen) atoms. The van der Waals surface area contributed by atoms with Crippen LogP contribution in [0.4, 0.5) is 5.13 Å². The summed E-state index contributed by atoms with van der Waals surface area (Å²) in [7, 11) is 1.76. The fourth-order valence-corrected chi connectivity index (χ4v) is 3.45. The lowest BCUT2D eigenvalue weighted by Gasteiger charge is -2.27. The minimum atomic E-state index is 0.493. The van der Waals surface area contributed by atoms with E-state index in [0.29, 0.717) is 6.04 Å². The molecule has 1 N–H and O–H groups in total. The van der Waals surface area contributed by atoms with Crippen LogP contribution in [0, 0.1) is 0 Å². The number of aryl methyl sites for hydroxylation is 1. The molecular formula is C16H31N3OS. The van der Waals surface area contributed by atoms with Gasteiger partial charge in [0, 0.05) is 31.1 Å². The van der Waals surface area contributed by atoms with Crippen molar-refractivity contribution in [3.05, 3.63) is 10.6 Å². The van der Waals surface area contributed by atoms with Crippen LogP contribution in [0.5, 0.6) is 0 Å². The molecule has 0 spiro atoms. The first-order chi connectivity index (χ1) is 10.2. The number of anilines is 1. The van der Waals surface area contributed by atoms with E-state index in [1.165, 1.54) is 17.0 Å². The van der Waals surface area contributed by atoms with E-state index >= 15 is 0 Å². The Morgan fingerprint density at radius 3 is 2.67 bits per heavy atom. The standard InChI is InChI=1S/C16H31N3OS/c1-6-9-17-12-15-14(8-3)18-16(21-15)19(10-11-20-5)13(4)7-2/h13,17H,6-12H2,1-5H3. The molecule has 0 aromatic carbocycles. The summed E-state index contributed by atoms with van der Waals surface area (Å²) >= 11 is 1.83. The summed E-state index contributed by atoms with van der Waals surface area (Å²) in [5.74, 6) is 0. The van der Waals surface area contributed by atoms with Crippen molar-refractivity contribution in [3.63, 3.8) is 0 Å². The maximum absolute atomic E-state index is 5.25. The highest BCUT2D eigenvalue weighted by Crippen LogP contribution is 2.28. The van der Waals surface area contributed by atoms with Crippen molar-refractivity contribution >= 4 is 16.5 Å². The lowest BCUT2D eigenvalue weighted by Crippen LogP contribution is -2.35. The van der Waals surface area contributed by atoms with E-state index in [4.69, 9.17) is 9.72 Å². The summed E-state index contributed by atoms with van der Waals surface area (Å²) in [6, 6.07) is 0.493. The molecule has 1 aromatic heterocycles. The number of hydrogen-bond donors (Lipinski definition) is 1. The van der Waals surface area contributed by atoms with Crippen molar-refractivity contribution in [1.29, 1.82) is 0 Å². The minimum absolute atomic E-state index is 0.493. The fourth-order valence-electron chi connectivity index (χ4n) is 2.20. The van der Waals surface area contributed by atoms with Gasteiger partial charge in [-0.2, -0.15) is 0 Å². The summed E-state index contributed by atoms with van der Waals surface area (Å²) in [5.41, 5.74) is 1.24. The summed E-state index contributed by atoms with van der Waals surface area (Å²) in [6.07, 6.45) is 3.28. The van der Waals surface area contributed by atoms with Crippen molar-refractivity contribution in [2.45, 2.75) is 59.5 Å². The molecule has 0 saturated carbocycles. The number of aromatic nitrogens is 1. The van der Waals surface area contributed by atoms with E-state index in [1.54, 1.807) is 7.11 Å². The average molecular weight is 314 g/mol. The second kappa shape index (κ2) is 10.1. The van der Waals surface area contributed by atoms with Crippen LogP contribution in [0.2, 0.25) is 0 Å². The number of rotatable bonds is 11. The zero-order valence-corrected chi connectivity index (χ0v) is 15.1. The molecule has 0 aliphatic carbocycles. The van der Waals surface area contributed by atoms with E-state index in [0.717, 1.165) is 44.2 Å². The number of nitrogens with one attached hydrogen (secondary N) is 1. The molecule has 1 rings (SSSR count). The van der Waals surface area contributed by atoms with Crippen LogP contribution < -0.4 is 10.2 Å². The van der Waals surface area contributed by atoms with Crippen LogP contribution in [0.15, 0.2) is 0 Å². The number of methoxy groups -OCH3 is 1. The molecule has 0 fully saturated rings. The molecule has 5 heteroatoms. The number of ether oxygens (including phenoxy) is 1. The summed E-state index contributed by atoms with van der Waals surface area (Å²) in [5, 5.41) is 4.64. The van der Waals surface area contributed by atoms with Crippen LogP contribution in [-0.4, -0.2) is 37.8 Å². The summed E-state index contributed by atoms with van der Waals surface area (Å²) in [4.78, 5) is 8.65. The molecule has 0 aliphatic heterocycles. The maximum Gasteiger partial charge on any atom is 0.186 e. The van der Waals surface area contributed by atoms with Crippen molar-refractivity contribution < 1.29 is 4.74 Å². The van der Waals surface area contributed by atoms with Gasteiger partial charge in [0.15, 0.2) is 5.13 Å². The lowest BCUT2D eigenvalue weighted by atomic mass is 10.2. The molecule has 1 aromatic rings. The van der Waals surface area contributed by atoms with E-state index in [9.17, 15) is 0 Å². The first-order valence-electron chi connectivity index (χ1n) is 8.12. The van der Waals surface area contributed by atoms with Gasteiger partial charge in [0.2, 0.25) is 0 Å². The lowest BCUT2D eigenvalue weighted by molar-refractivity contribution is 0.203. The molecule has 0 saturated heterocycles. The number of nitrogens with zero attached hydrogens (tertiary/aromatic N) is 2. The molecule has 1 heterocycles. The fraction of sp³-hybridized carbons (Fsp3) is 0.812.